The van der Waals surface area contributed by atoms with Crippen molar-refractivity contribution in [3.05, 3.63) is 12.4 Å². The van der Waals surface area contributed by atoms with Crippen molar-refractivity contribution in [2.45, 2.75) is 0 Å². The lowest BCUT2D eigenvalue weighted by atomic mass is 10.4. The average Bonchev–Trinajstić information content (AvgIpc) is 1.95. The van der Waals surface area contributed by atoms with Gasteiger partial charge in [0.25, 0.3) is 0 Å². The van der Waals surface area contributed by atoms with Gasteiger partial charge in [-0.2, -0.15) is 0 Å². The van der Waals surface area contributed by atoms with E-state index in [1.807, 2.05) is 0 Å². The summed E-state index contributed by atoms with van der Waals surface area (Å²) in [6.45, 7) is 0. The van der Waals surface area contributed by atoms with E-state index >= 15 is 0 Å². The molecule has 0 spiro atoms. The number of anilines is 1. The van der Waals surface area contributed by atoms with E-state index in [9.17, 15) is 0 Å². The van der Waals surface area contributed by atoms with Crippen LogP contribution in [0.4, 0.5) is 5.95 Å². The third kappa shape index (κ3) is 1.59. The molecule has 0 saturated carbocycles. The third-order valence-corrected chi connectivity index (χ3v) is 0.837. The molecule has 3 N–H and O–H groups in total. The summed E-state index contributed by atoms with van der Waals surface area (Å²) >= 11 is 0. The van der Waals surface area contributed by atoms with Crippen LogP contribution in [0.15, 0.2) is 12.4 Å². The zero-order valence-corrected chi connectivity index (χ0v) is 5.06. The van der Waals surface area contributed by atoms with Crippen LogP contribution < -0.4 is 10.4 Å². The van der Waals surface area contributed by atoms with Crippen LogP contribution in [-0.4, -0.2) is 22.7 Å². The Bertz CT molecular complexity index is 202. The van der Waals surface area contributed by atoms with E-state index in [1.54, 1.807) is 0 Å². The zero-order chi connectivity index (χ0) is 7.40. The van der Waals surface area contributed by atoms with Crippen molar-refractivity contribution in [2.24, 2.45) is 0 Å². The Hall–Kier alpha value is -1.30. The molecule has 0 amide bonds. The van der Waals surface area contributed by atoms with Gasteiger partial charge in [0.15, 0.2) is 0 Å². The molecule has 6 heteroatoms. The Morgan fingerprint density at radius 1 is 1.50 bits per heavy atom. The first-order chi connectivity index (χ1) is 4.83. The summed E-state index contributed by atoms with van der Waals surface area (Å²) in [5.74, 6) is 0.516. The van der Waals surface area contributed by atoms with Gasteiger partial charge in [0.05, 0.1) is 12.4 Å². The lowest BCUT2D eigenvalue weighted by molar-refractivity contribution is 0.451. The van der Waals surface area contributed by atoms with E-state index in [1.165, 1.54) is 12.4 Å². The molecule has 0 aromatic carbocycles. The molecule has 0 aliphatic carbocycles. The average molecular weight is 138 g/mol. The molecule has 0 saturated heterocycles. The number of nitrogen functional groups attached to an aromatic ring is 1. The molecule has 1 heterocycles. The number of aromatic nitrogens is 2. The molecule has 0 aliphatic rings. The fourth-order valence-corrected chi connectivity index (χ4v) is 0.448. The van der Waals surface area contributed by atoms with Crippen molar-refractivity contribution in [1.29, 1.82) is 0 Å². The van der Waals surface area contributed by atoms with Crippen LogP contribution in [0.5, 0.6) is 5.75 Å². The standard InChI is InChI=1S/C4H5BN3O2/c6-4-7-1-3(2-8-4)10-5-9/h1-2,9H,(H2,6,7,8). The van der Waals surface area contributed by atoms with Crippen LogP contribution in [0.3, 0.4) is 0 Å². The number of hydrogen-bond acceptors (Lipinski definition) is 5. The normalized spacial score (nSPS) is 8.90. The maximum absolute atomic E-state index is 8.15. The molecule has 5 nitrogen and oxygen atoms in total. The number of hydrogen-bond donors (Lipinski definition) is 2. The molecule has 0 fully saturated rings. The molecule has 0 unspecified atom stereocenters. The van der Waals surface area contributed by atoms with Crippen molar-refractivity contribution in [2.75, 3.05) is 5.73 Å². The lowest BCUT2D eigenvalue weighted by Crippen LogP contribution is -2.01. The van der Waals surface area contributed by atoms with Gasteiger partial charge in [0.2, 0.25) is 5.95 Å². The largest absolute Gasteiger partial charge is 0.569 e. The van der Waals surface area contributed by atoms with E-state index in [0.717, 1.165) is 0 Å². The van der Waals surface area contributed by atoms with Crippen LogP contribution in [-0.2, 0) is 0 Å². The van der Waals surface area contributed by atoms with Crippen LogP contribution >= 0.6 is 0 Å². The van der Waals surface area contributed by atoms with Crippen LogP contribution in [0, 0.1) is 0 Å². The molecule has 1 aromatic rings. The molecular weight excluding hydrogens is 133 g/mol. The fraction of sp³-hybridized carbons (Fsp3) is 0. The first-order valence-electron chi connectivity index (χ1n) is 2.53. The van der Waals surface area contributed by atoms with Crippen LogP contribution in [0.1, 0.15) is 0 Å². The Morgan fingerprint density at radius 2 is 2.10 bits per heavy atom. The smallest absolute Gasteiger partial charge is 0.535 e. The van der Waals surface area contributed by atoms with Crippen molar-refractivity contribution < 1.29 is 9.68 Å². The second-order valence-electron chi connectivity index (χ2n) is 1.50. The summed E-state index contributed by atoms with van der Waals surface area (Å²) in [6, 6.07) is 0. The SMILES string of the molecule is Nc1ncc(O[B]O)cn1. The summed E-state index contributed by atoms with van der Waals surface area (Å²) in [5.41, 5.74) is 5.17. The van der Waals surface area contributed by atoms with Crippen LogP contribution in [0.2, 0.25) is 0 Å². The Balaban J connectivity index is 2.69. The van der Waals surface area contributed by atoms with Crippen molar-refractivity contribution in [1.82, 2.24) is 9.97 Å². The molecule has 0 aliphatic heterocycles. The predicted octanol–water partition coefficient (Wildman–Crippen LogP) is -1.04. The Kier molecular flexibility index (Phi) is 2.06. The van der Waals surface area contributed by atoms with Gasteiger partial charge in [-0.1, -0.05) is 0 Å². The summed E-state index contributed by atoms with van der Waals surface area (Å²) in [7, 11) is 0.550. The van der Waals surface area contributed by atoms with Gasteiger partial charge in [-0.3, -0.25) is 0 Å². The third-order valence-electron chi connectivity index (χ3n) is 0.837. The molecule has 1 aromatic heterocycles. The van der Waals surface area contributed by atoms with E-state index in [0.29, 0.717) is 13.4 Å². The summed E-state index contributed by atoms with van der Waals surface area (Å²) in [4.78, 5) is 7.22. The van der Waals surface area contributed by atoms with Gasteiger partial charge in [-0.15, -0.1) is 0 Å². The Labute approximate surface area is 58.2 Å². The van der Waals surface area contributed by atoms with E-state index in [4.69, 9.17) is 10.8 Å². The summed E-state index contributed by atoms with van der Waals surface area (Å²) < 4.78 is 4.51. The van der Waals surface area contributed by atoms with E-state index in [-0.39, 0.29) is 5.95 Å². The number of rotatable bonds is 2. The van der Waals surface area contributed by atoms with Gasteiger partial charge < -0.3 is 15.4 Å². The molecular formula is C4H5BN3O2. The predicted molar refractivity (Wildman–Crippen MR) is 35.0 cm³/mol. The molecule has 0 bridgehead atoms. The van der Waals surface area contributed by atoms with E-state index < -0.39 is 0 Å². The minimum atomic E-state index is 0.172. The first-order valence-corrected chi connectivity index (χ1v) is 2.53. The fourth-order valence-electron chi connectivity index (χ4n) is 0.448. The van der Waals surface area contributed by atoms with Crippen molar-refractivity contribution in [3.8, 4) is 5.75 Å². The van der Waals surface area contributed by atoms with Gasteiger partial charge in [-0.25, -0.2) is 9.97 Å². The highest BCUT2D eigenvalue weighted by atomic mass is 16.5. The monoisotopic (exact) mass is 138 g/mol. The quantitative estimate of drug-likeness (QED) is 0.510. The number of nitrogens with zero attached hydrogens (tertiary/aromatic N) is 2. The zero-order valence-electron chi connectivity index (χ0n) is 5.06. The van der Waals surface area contributed by atoms with Crippen molar-refractivity contribution in [3.63, 3.8) is 0 Å². The second-order valence-corrected chi connectivity index (χ2v) is 1.50. The first kappa shape index (κ1) is 6.82. The minimum Gasteiger partial charge on any atom is -0.535 e. The molecule has 1 radical (unpaired) electrons. The molecule has 10 heavy (non-hydrogen) atoms. The summed E-state index contributed by atoms with van der Waals surface area (Å²) in [6.07, 6.45) is 2.71. The van der Waals surface area contributed by atoms with Crippen molar-refractivity contribution >= 4 is 13.6 Å². The lowest BCUT2D eigenvalue weighted by Gasteiger charge is -1.97. The van der Waals surface area contributed by atoms with Crippen LogP contribution in [0.25, 0.3) is 0 Å². The molecule has 0 atom stereocenters. The molecule has 51 valence electrons. The topological polar surface area (TPSA) is 81.3 Å². The van der Waals surface area contributed by atoms with Gasteiger partial charge in [0, 0.05) is 0 Å². The van der Waals surface area contributed by atoms with Gasteiger partial charge in [0.1, 0.15) is 5.75 Å². The highest BCUT2D eigenvalue weighted by Crippen LogP contribution is 2.04. The van der Waals surface area contributed by atoms with E-state index in [2.05, 4.69) is 14.6 Å². The van der Waals surface area contributed by atoms with Gasteiger partial charge in [-0.05, 0) is 0 Å². The molecule has 1 rings (SSSR count). The highest BCUT2D eigenvalue weighted by Gasteiger charge is 1.93. The minimum absolute atomic E-state index is 0.172. The number of nitrogens with two attached hydrogens (primary N) is 1. The maximum Gasteiger partial charge on any atom is 0.569 e. The summed E-state index contributed by atoms with van der Waals surface area (Å²) in [5, 5.41) is 8.15. The van der Waals surface area contributed by atoms with Gasteiger partial charge >= 0.3 is 7.69 Å². The Morgan fingerprint density at radius 3 is 2.60 bits per heavy atom. The maximum atomic E-state index is 8.15. The highest BCUT2D eigenvalue weighted by molar-refractivity contribution is 6.17. The second kappa shape index (κ2) is 3.02.